The summed E-state index contributed by atoms with van der Waals surface area (Å²) < 4.78 is 0. The summed E-state index contributed by atoms with van der Waals surface area (Å²) in [5.41, 5.74) is 5.59. The molecule has 0 saturated heterocycles. The molecule has 0 aliphatic heterocycles. The van der Waals surface area contributed by atoms with Crippen LogP contribution in [0.1, 0.15) is 52.4 Å². The Bertz CT molecular complexity index is 297. The van der Waals surface area contributed by atoms with Gasteiger partial charge in [0.2, 0.25) is 5.91 Å². The fourth-order valence-electron chi connectivity index (χ4n) is 2.46. The largest absolute Gasteiger partial charge is 0.409 e. The van der Waals surface area contributed by atoms with Crippen molar-refractivity contribution in [1.29, 1.82) is 0 Å². The number of amides is 1. The Morgan fingerprint density at radius 2 is 2.06 bits per heavy atom. The second kappa shape index (κ2) is 7.24. The first kappa shape index (κ1) is 14.8. The molecule has 1 unspecified atom stereocenters. The minimum Gasteiger partial charge on any atom is -0.409 e. The average molecular weight is 255 g/mol. The molecule has 0 spiro atoms. The number of nitrogens with zero attached hydrogens (tertiary/aromatic N) is 1. The van der Waals surface area contributed by atoms with Gasteiger partial charge in [0.1, 0.15) is 0 Å². The summed E-state index contributed by atoms with van der Waals surface area (Å²) in [6.07, 6.45) is 5.69. The van der Waals surface area contributed by atoms with Crippen molar-refractivity contribution in [3.63, 3.8) is 0 Å². The second-order valence-electron chi connectivity index (χ2n) is 5.33. The summed E-state index contributed by atoms with van der Waals surface area (Å²) in [7, 11) is 0. The summed E-state index contributed by atoms with van der Waals surface area (Å²) in [6, 6.07) is -0.341. The summed E-state index contributed by atoms with van der Waals surface area (Å²) in [4.78, 5) is 12.1. The lowest BCUT2D eigenvalue weighted by molar-refractivity contribution is -0.126. The summed E-state index contributed by atoms with van der Waals surface area (Å²) >= 11 is 0. The number of hydrogen-bond acceptors (Lipinski definition) is 3. The van der Waals surface area contributed by atoms with Crippen LogP contribution in [0.25, 0.3) is 0 Å². The SMILES string of the molecule is CCCC(NC(=O)C1CCC(C)CC1)C(N)=NO. The lowest BCUT2D eigenvalue weighted by Crippen LogP contribution is -2.47. The Hall–Kier alpha value is -1.26. The molecule has 18 heavy (non-hydrogen) atoms. The molecule has 0 aromatic rings. The molecule has 5 heteroatoms. The average Bonchev–Trinajstić information content (AvgIpc) is 2.38. The van der Waals surface area contributed by atoms with Gasteiger partial charge in [-0.3, -0.25) is 4.79 Å². The van der Waals surface area contributed by atoms with Crippen molar-refractivity contribution < 1.29 is 10.0 Å². The third-order valence-electron chi connectivity index (χ3n) is 3.75. The van der Waals surface area contributed by atoms with E-state index in [1.807, 2.05) is 6.92 Å². The first-order valence-corrected chi connectivity index (χ1v) is 6.86. The topological polar surface area (TPSA) is 87.7 Å². The standard InChI is InChI=1S/C13H25N3O2/c1-3-4-11(12(14)16-18)15-13(17)10-7-5-9(2)6-8-10/h9-11,18H,3-8H2,1-2H3,(H2,14,16)(H,15,17). The van der Waals surface area contributed by atoms with Gasteiger partial charge in [0.15, 0.2) is 5.84 Å². The molecular weight excluding hydrogens is 230 g/mol. The number of carbonyl (C=O) groups is 1. The third kappa shape index (κ3) is 4.20. The number of amidine groups is 1. The molecule has 0 aromatic carbocycles. The van der Waals surface area contributed by atoms with Crippen molar-refractivity contribution in [2.75, 3.05) is 0 Å². The Balaban J connectivity index is 2.50. The molecule has 1 amide bonds. The molecule has 1 aliphatic rings. The van der Waals surface area contributed by atoms with Crippen LogP contribution < -0.4 is 11.1 Å². The molecule has 0 heterocycles. The molecule has 104 valence electrons. The van der Waals surface area contributed by atoms with Crippen molar-refractivity contribution in [3.05, 3.63) is 0 Å². The van der Waals surface area contributed by atoms with Crippen molar-refractivity contribution in [2.24, 2.45) is 22.7 Å². The van der Waals surface area contributed by atoms with E-state index < -0.39 is 0 Å². The minimum atomic E-state index is -0.341. The van der Waals surface area contributed by atoms with E-state index in [4.69, 9.17) is 10.9 Å². The van der Waals surface area contributed by atoms with E-state index in [2.05, 4.69) is 17.4 Å². The Labute approximate surface area is 109 Å². The summed E-state index contributed by atoms with van der Waals surface area (Å²) in [5, 5.41) is 14.6. The normalized spacial score (nSPS) is 26.7. The van der Waals surface area contributed by atoms with Crippen molar-refractivity contribution in [1.82, 2.24) is 5.32 Å². The van der Waals surface area contributed by atoms with Crippen LogP contribution in [0, 0.1) is 11.8 Å². The zero-order valence-corrected chi connectivity index (χ0v) is 11.4. The number of nitrogens with one attached hydrogen (secondary N) is 1. The van der Waals surface area contributed by atoms with E-state index >= 15 is 0 Å². The predicted molar refractivity (Wildman–Crippen MR) is 71.4 cm³/mol. The van der Waals surface area contributed by atoms with Crippen LogP contribution in [-0.2, 0) is 4.79 Å². The highest BCUT2D eigenvalue weighted by atomic mass is 16.4. The van der Waals surface area contributed by atoms with Crippen molar-refractivity contribution >= 4 is 11.7 Å². The van der Waals surface area contributed by atoms with Crippen LogP contribution in [0.15, 0.2) is 5.16 Å². The molecule has 0 radical (unpaired) electrons. The van der Waals surface area contributed by atoms with E-state index in [0.29, 0.717) is 6.42 Å². The van der Waals surface area contributed by atoms with Crippen LogP contribution in [0.5, 0.6) is 0 Å². The molecule has 1 fully saturated rings. The van der Waals surface area contributed by atoms with Gasteiger partial charge < -0.3 is 16.3 Å². The van der Waals surface area contributed by atoms with Gasteiger partial charge in [-0.05, 0) is 38.0 Å². The molecule has 0 bridgehead atoms. The van der Waals surface area contributed by atoms with Gasteiger partial charge in [0.25, 0.3) is 0 Å². The van der Waals surface area contributed by atoms with Crippen molar-refractivity contribution in [2.45, 2.75) is 58.4 Å². The summed E-state index contributed by atoms with van der Waals surface area (Å²) in [6.45, 7) is 4.23. The van der Waals surface area contributed by atoms with Crippen LogP contribution in [0.4, 0.5) is 0 Å². The number of carbonyl (C=O) groups excluding carboxylic acids is 1. The van der Waals surface area contributed by atoms with Gasteiger partial charge in [-0.1, -0.05) is 25.4 Å². The zero-order valence-electron chi connectivity index (χ0n) is 11.4. The van der Waals surface area contributed by atoms with Crippen LogP contribution in [-0.4, -0.2) is 23.0 Å². The van der Waals surface area contributed by atoms with Gasteiger partial charge >= 0.3 is 0 Å². The minimum absolute atomic E-state index is 0.0481. The fraction of sp³-hybridized carbons (Fsp3) is 0.846. The number of nitrogens with two attached hydrogens (primary N) is 1. The first-order chi connectivity index (χ1) is 8.58. The highest BCUT2D eigenvalue weighted by Gasteiger charge is 2.26. The highest BCUT2D eigenvalue weighted by Crippen LogP contribution is 2.28. The summed E-state index contributed by atoms with van der Waals surface area (Å²) in [5.74, 6) is 0.956. The molecule has 0 aromatic heterocycles. The molecular formula is C13H25N3O2. The monoisotopic (exact) mass is 255 g/mol. The Kier molecular flexibility index (Phi) is 5.95. The van der Waals surface area contributed by atoms with Gasteiger partial charge in [0.05, 0.1) is 6.04 Å². The van der Waals surface area contributed by atoms with Gasteiger partial charge in [-0.2, -0.15) is 0 Å². The number of hydrogen-bond donors (Lipinski definition) is 3. The van der Waals surface area contributed by atoms with Gasteiger partial charge in [-0.25, -0.2) is 0 Å². The first-order valence-electron chi connectivity index (χ1n) is 6.86. The lowest BCUT2D eigenvalue weighted by atomic mass is 9.82. The number of rotatable bonds is 5. The van der Waals surface area contributed by atoms with Crippen LogP contribution in [0.2, 0.25) is 0 Å². The van der Waals surface area contributed by atoms with Crippen LogP contribution in [0.3, 0.4) is 0 Å². The van der Waals surface area contributed by atoms with E-state index in [9.17, 15) is 4.79 Å². The maximum absolute atomic E-state index is 12.1. The quantitative estimate of drug-likeness (QED) is 0.303. The van der Waals surface area contributed by atoms with E-state index in [0.717, 1.165) is 38.0 Å². The second-order valence-corrected chi connectivity index (χ2v) is 5.33. The van der Waals surface area contributed by atoms with E-state index in [1.54, 1.807) is 0 Å². The smallest absolute Gasteiger partial charge is 0.223 e. The Morgan fingerprint density at radius 1 is 1.44 bits per heavy atom. The van der Waals surface area contributed by atoms with Gasteiger partial charge in [0, 0.05) is 5.92 Å². The maximum atomic E-state index is 12.1. The van der Waals surface area contributed by atoms with E-state index in [-0.39, 0.29) is 23.7 Å². The highest BCUT2D eigenvalue weighted by molar-refractivity contribution is 5.90. The van der Waals surface area contributed by atoms with Crippen LogP contribution >= 0.6 is 0 Å². The van der Waals surface area contributed by atoms with E-state index in [1.165, 1.54) is 0 Å². The molecule has 1 rings (SSSR count). The Morgan fingerprint density at radius 3 is 2.56 bits per heavy atom. The third-order valence-corrected chi connectivity index (χ3v) is 3.75. The molecule has 4 N–H and O–H groups in total. The molecule has 1 atom stereocenters. The number of oxime groups is 1. The molecule has 1 aliphatic carbocycles. The maximum Gasteiger partial charge on any atom is 0.223 e. The lowest BCUT2D eigenvalue weighted by Gasteiger charge is -2.27. The predicted octanol–water partition coefficient (Wildman–Crippen LogP) is 1.84. The fourth-order valence-corrected chi connectivity index (χ4v) is 2.46. The van der Waals surface area contributed by atoms with Crippen molar-refractivity contribution in [3.8, 4) is 0 Å². The molecule has 5 nitrogen and oxygen atoms in total. The molecule has 1 saturated carbocycles. The zero-order chi connectivity index (χ0) is 13.5. The van der Waals surface area contributed by atoms with Gasteiger partial charge in [-0.15, -0.1) is 0 Å².